The number of Topliss-reactive ketones (excluding diaryl/α,β-unsaturated/α-hetero) is 1. The highest BCUT2D eigenvalue weighted by molar-refractivity contribution is 6.32. The van der Waals surface area contributed by atoms with Crippen molar-refractivity contribution in [3.63, 3.8) is 0 Å². The first-order chi connectivity index (χ1) is 12.6. The van der Waals surface area contributed by atoms with Crippen molar-refractivity contribution in [3.8, 4) is 5.75 Å². The SMILES string of the molecule is O=C(COc1cc2oc(=O)c3c(c2cc1Cl)CCCC3)c1ccccc1. The molecule has 0 spiro atoms. The topological polar surface area (TPSA) is 56.5 Å². The zero-order valence-electron chi connectivity index (χ0n) is 14.1. The molecular formula is C21H17ClO4. The van der Waals surface area contributed by atoms with E-state index in [0.29, 0.717) is 21.9 Å². The number of rotatable bonds is 4. The van der Waals surface area contributed by atoms with Crippen LogP contribution in [0.25, 0.3) is 11.0 Å². The van der Waals surface area contributed by atoms with Gasteiger partial charge in [-0.25, -0.2) is 4.79 Å². The molecular weight excluding hydrogens is 352 g/mol. The molecule has 0 amide bonds. The fourth-order valence-corrected chi connectivity index (χ4v) is 3.62. The number of carbonyl (C=O) groups excluding carboxylic acids is 1. The normalized spacial score (nSPS) is 13.4. The maximum atomic E-state index is 12.2. The predicted octanol–water partition coefficient (Wildman–Crippen LogP) is 4.59. The lowest BCUT2D eigenvalue weighted by Crippen LogP contribution is -2.16. The van der Waals surface area contributed by atoms with E-state index in [4.69, 9.17) is 20.8 Å². The number of aryl methyl sites for hydroxylation is 1. The van der Waals surface area contributed by atoms with Crippen molar-refractivity contribution in [2.24, 2.45) is 0 Å². The quantitative estimate of drug-likeness (QED) is 0.499. The fraction of sp³-hybridized carbons (Fsp3) is 0.238. The molecule has 4 nitrogen and oxygen atoms in total. The molecule has 0 saturated heterocycles. The summed E-state index contributed by atoms with van der Waals surface area (Å²) in [5, 5.41) is 1.26. The molecule has 0 unspecified atom stereocenters. The Balaban J connectivity index is 1.65. The first kappa shape index (κ1) is 16.9. The Morgan fingerprint density at radius 3 is 2.58 bits per heavy atom. The molecule has 2 aromatic carbocycles. The highest BCUT2D eigenvalue weighted by atomic mass is 35.5. The van der Waals surface area contributed by atoms with E-state index in [1.165, 1.54) is 0 Å². The van der Waals surface area contributed by atoms with Gasteiger partial charge >= 0.3 is 5.63 Å². The molecule has 5 heteroatoms. The minimum absolute atomic E-state index is 0.135. The molecule has 0 aliphatic heterocycles. The average molecular weight is 369 g/mol. The smallest absolute Gasteiger partial charge is 0.339 e. The standard InChI is InChI=1S/C21H17ClO4/c22-17-10-16-14-8-4-5-9-15(14)21(24)26-19(16)11-20(17)25-12-18(23)13-6-2-1-3-7-13/h1-3,6-7,10-11H,4-5,8-9,12H2. The van der Waals surface area contributed by atoms with Crippen LogP contribution in [0.15, 0.2) is 51.7 Å². The van der Waals surface area contributed by atoms with Crippen LogP contribution in [0.5, 0.6) is 5.75 Å². The molecule has 0 atom stereocenters. The molecule has 4 rings (SSSR count). The van der Waals surface area contributed by atoms with Crippen molar-refractivity contribution < 1.29 is 13.9 Å². The summed E-state index contributed by atoms with van der Waals surface area (Å²) in [7, 11) is 0. The average Bonchev–Trinajstić information content (AvgIpc) is 2.68. The molecule has 1 heterocycles. The minimum atomic E-state index is -0.291. The number of ketones is 1. The van der Waals surface area contributed by atoms with Crippen molar-refractivity contribution in [1.29, 1.82) is 0 Å². The van der Waals surface area contributed by atoms with Crippen LogP contribution in [-0.4, -0.2) is 12.4 Å². The summed E-state index contributed by atoms with van der Waals surface area (Å²) in [5.74, 6) is 0.191. The van der Waals surface area contributed by atoms with Crippen LogP contribution in [0.1, 0.15) is 34.3 Å². The number of ether oxygens (including phenoxy) is 1. The van der Waals surface area contributed by atoms with Gasteiger partial charge < -0.3 is 9.15 Å². The highest BCUT2D eigenvalue weighted by Gasteiger charge is 2.19. The number of hydrogen-bond donors (Lipinski definition) is 0. The monoisotopic (exact) mass is 368 g/mol. The van der Waals surface area contributed by atoms with Crippen LogP contribution in [0.2, 0.25) is 5.02 Å². The lowest BCUT2D eigenvalue weighted by molar-refractivity contribution is 0.0921. The zero-order valence-corrected chi connectivity index (χ0v) is 14.8. The molecule has 0 N–H and O–H groups in total. The van der Waals surface area contributed by atoms with E-state index in [0.717, 1.165) is 42.2 Å². The molecule has 1 aromatic heterocycles. The molecule has 0 saturated carbocycles. The van der Waals surface area contributed by atoms with Gasteiger partial charge in [0.2, 0.25) is 0 Å². The number of fused-ring (bicyclic) bond motifs is 3. The number of carbonyl (C=O) groups is 1. The maximum Gasteiger partial charge on any atom is 0.339 e. The Morgan fingerprint density at radius 2 is 1.81 bits per heavy atom. The number of halogens is 1. The van der Waals surface area contributed by atoms with Crippen molar-refractivity contribution in [2.45, 2.75) is 25.7 Å². The molecule has 132 valence electrons. The summed E-state index contributed by atoms with van der Waals surface area (Å²) in [6, 6.07) is 12.3. The minimum Gasteiger partial charge on any atom is -0.484 e. The van der Waals surface area contributed by atoms with Crippen molar-refractivity contribution in [2.75, 3.05) is 6.61 Å². The van der Waals surface area contributed by atoms with Crippen LogP contribution in [0.4, 0.5) is 0 Å². The van der Waals surface area contributed by atoms with Gasteiger partial charge in [0.05, 0.1) is 5.02 Å². The molecule has 1 aliphatic carbocycles. The molecule has 0 radical (unpaired) electrons. The van der Waals surface area contributed by atoms with Crippen LogP contribution >= 0.6 is 11.6 Å². The summed E-state index contributed by atoms with van der Waals surface area (Å²) < 4.78 is 11.1. The van der Waals surface area contributed by atoms with Crippen LogP contribution < -0.4 is 10.4 Å². The second-order valence-electron chi connectivity index (χ2n) is 6.41. The Kier molecular flexibility index (Phi) is 4.51. The Bertz CT molecular complexity index is 1040. The first-order valence-corrected chi connectivity index (χ1v) is 9.00. The summed E-state index contributed by atoms with van der Waals surface area (Å²) in [4.78, 5) is 24.4. The van der Waals surface area contributed by atoms with Crippen LogP contribution in [-0.2, 0) is 12.8 Å². The van der Waals surface area contributed by atoms with Gasteiger partial charge in [-0.3, -0.25) is 4.79 Å². The second kappa shape index (κ2) is 6.96. The van der Waals surface area contributed by atoms with Crippen molar-refractivity contribution in [3.05, 3.63) is 74.6 Å². The summed E-state index contributed by atoms with van der Waals surface area (Å²) >= 11 is 6.36. The van der Waals surface area contributed by atoms with Gasteiger partial charge in [0, 0.05) is 22.6 Å². The third-order valence-electron chi connectivity index (χ3n) is 4.73. The van der Waals surface area contributed by atoms with E-state index in [1.54, 1.807) is 36.4 Å². The third kappa shape index (κ3) is 3.13. The molecule has 1 aliphatic rings. The predicted molar refractivity (Wildman–Crippen MR) is 100 cm³/mol. The third-order valence-corrected chi connectivity index (χ3v) is 5.03. The van der Waals surface area contributed by atoms with E-state index >= 15 is 0 Å². The zero-order chi connectivity index (χ0) is 18.1. The molecule has 3 aromatic rings. The molecule has 26 heavy (non-hydrogen) atoms. The molecule has 0 fully saturated rings. The summed E-state index contributed by atoms with van der Waals surface area (Å²) in [5.41, 5.74) is 2.51. The van der Waals surface area contributed by atoms with E-state index in [1.807, 2.05) is 6.07 Å². The fourth-order valence-electron chi connectivity index (χ4n) is 3.41. The number of hydrogen-bond acceptors (Lipinski definition) is 4. The van der Waals surface area contributed by atoms with Crippen molar-refractivity contribution in [1.82, 2.24) is 0 Å². The Labute approximate surface area is 155 Å². The lowest BCUT2D eigenvalue weighted by atomic mass is 9.91. The Morgan fingerprint density at radius 1 is 1.08 bits per heavy atom. The lowest BCUT2D eigenvalue weighted by Gasteiger charge is -2.17. The van der Waals surface area contributed by atoms with E-state index in [2.05, 4.69) is 0 Å². The largest absolute Gasteiger partial charge is 0.484 e. The van der Waals surface area contributed by atoms with E-state index in [9.17, 15) is 9.59 Å². The second-order valence-corrected chi connectivity index (χ2v) is 6.82. The van der Waals surface area contributed by atoms with Gasteiger partial charge in [-0.1, -0.05) is 41.9 Å². The number of benzene rings is 2. The van der Waals surface area contributed by atoms with Gasteiger partial charge in [0.25, 0.3) is 0 Å². The van der Waals surface area contributed by atoms with Gasteiger partial charge in [0.1, 0.15) is 11.3 Å². The Hall–Kier alpha value is -2.59. The first-order valence-electron chi connectivity index (χ1n) is 8.62. The van der Waals surface area contributed by atoms with Gasteiger partial charge in [-0.2, -0.15) is 0 Å². The van der Waals surface area contributed by atoms with Gasteiger partial charge in [0.15, 0.2) is 12.4 Å². The molecule has 0 bridgehead atoms. The maximum absolute atomic E-state index is 12.2. The van der Waals surface area contributed by atoms with E-state index in [-0.39, 0.29) is 18.0 Å². The van der Waals surface area contributed by atoms with Crippen molar-refractivity contribution >= 4 is 28.4 Å². The van der Waals surface area contributed by atoms with Crippen LogP contribution in [0.3, 0.4) is 0 Å². The highest BCUT2D eigenvalue weighted by Crippen LogP contribution is 2.34. The van der Waals surface area contributed by atoms with Crippen LogP contribution in [0, 0.1) is 0 Å². The van der Waals surface area contributed by atoms with Gasteiger partial charge in [-0.05, 0) is 37.3 Å². The summed E-state index contributed by atoms with van der Waals surface area (Å²) in [6.07, 6.45) is 3.64. The summed E-state index contributed by atoms with van der Waals surface area (Å²) in [6.45, 7) is -0.135. The van der Waals surface area contributed by atoms with E-state index < -0.39 is 0 Å². The van der Waals surface area contributed by atoms with Gasteiger partial charge in [-0.15, -0.1) is 0 Å².